The lowest BCUT2D eigenvalue weighted by molar-refractivity contribution is 0.0946. The number of aromatic nitrogens is 2. The number of hydrogen-bond acceptors (Lipinski definition) is 6. The molecule has 1 amide bonds. The maximum atomic E-state index is 12.9. The Labute approximate surface area is 152 Å². The van der Waals surface area contributed by atoms with Crippen LogP contribution in [0.5, 0.6) is 0 Å². The average molecular weight is 375 g/mol. The van der Waals surface area contributed by atoms with Crippen LogP contribution < -0.4 is 11.1 Å². The van der Waals surface area contributed by atoms with E-state index in [2.05, 4.69) is 15.3 Å². The van der Waals surface area contributed by atoms with E-state index in [9.17, 15) is 13.2 Å². The van der Waals surface area contributed by atoms with E-state index in [1.807, 2.05) is 0 Å². The van der Waals surface area contributed by atoms with Crippen LogP contribution in [0.4, 0.5) is 5.82 Å². The monoisotopic (exact) mass is 375 g/mol. The van der Waals surface area contributed by atoms with Gasteiger partial charge in [0.25, 0.3) is 5.91 Å². The van der Waals surface area contributed by atoms with Gasteiger partial charge in [0.1, 0.15) is 0 Å². The molecule has 2 aromatic rings. The van der Waals surface area contributed by atoms with Crippen molar-refractivity contribution in [1.29, 1.82) is 0 Å². The van der Waals surface area contributed by atoms with Crippen molar-refractivity contribution in [3.63, 3.8) is 0 Å². The van der Waals surface area contributed by atoms with Gasteiger partial charge in [-0.2, -0.15) is 4.31 Å². The summed E-state index contributed by atoms with van der Waals surface area (Å²) in [6.45, 7) is 1.11. The van der Waals surface area contributed by atoms with E-state index in [0.29, 0.717) is 18.7 Å². The fourth-order valence-electron chi connectivity index (χ4n) is 2.93. The summed E-state index contributed by atoms with van der Waals surface area (Å²) in [7, 11) is -3.58. The summed E-state index contributed by atoms with van der Waals surface area (Å²) in [6.07, 6.45) is 5.55. The highest BCUT2D eigenvalue weighted by atomic mass is 32.2. The van der Waals surface area contributed by atoms with Gasteiger partial charge in [-0.25, -0.2) is 18.4 Å². The summed E-state index contributed by atoms with van der Waals surface area (Å²) in [5, 5.41) is 2.67. The van der Waals surface area contributed by atoms with E-state index in [0.717, 1.165) is 19.3 Å². The Bertz CT molecular complexity index is 895. The first-order valence-corrected chi connectivity index (χ1v) is 9.87. The van der Waals surface area contributed by atoms with Crippen LogP contribution in [0.3, 0.4) is 0 Å². The Morgan fingerprint density at radius 1 is 1.12 bits per heavy atom. The van der Waals surface area contributed by atoms with Crippen molar-refractivity contribution in [2.24, 2.45) is 0 Å². The normalized spacial score (nSPS) is 15.5. The van der Waals surface area contributed by atoms with Crippen molar-refractivity contribution in [2.45, 2.75) is 30.7 Å². The SMILES string of the molecule is Nc1nccnc1C(=O)NCc1ccccc1S(=O)(=O)N1CCCCC1. The molecule has 1 aromatic heterocycles. The average Bonchev–Trinajstić information content (AvgIpc) is 2.67. The number of benzene rings is 1. The molecule has 9 heteroatoms. The molecule has 0 radical (unpaired) electrons. The van der Waals surface area contributed by atoms with Crippen molar-refractivity contribution in [3.8, 4) is 0 Å². The second kappa shape index (κ2) is 7.79. The van der Waals surface area contributed by atoms with Crippen LogP contribution in [-0.4, -0.2) is 41.7 Å². The minimum atomic E-state index is -3.58. The molecule has 1 aliphatic heterocycles. The lowest BCUT2D eigenvalue weighted by Gasteiger charge is -2.26. The molecule has 2 heterocycles. The van der Waals surface area contributed by atoms with Gasteiger partial charge in [-0.15, -0.1) is 0 Å². The third-order valence-electron chi connectivity index (χ3n) is 4.29. The predicted molar refractivity (Wildman–Crippen MR) is 96.7 cm³/mol. The predicted octanol–water partition coefficient (Wildman–Crippen LogP) is 1.16. The first kappa shape index (κ1) is 18.3. The van der Waals surface area contributed by atoms with Gasteiger partial charge in [0.15, 0.2) is 11.5 Å². The highest BCUT2D eigenvalue weighted by Crippen LogP contribution is 2.23. The summed E-state index contributed by atoms with van der Waals surface area (Å²) in [4.78, 5) is 20.2. The highest BCUT2D eigenvalue weighted by Gasteiger charge is 2.28. The molecule has 0 atom stereocenters. The van der Waals surface area contributed by atoms with Crippen molar-refractivity contribution in [2.75, 3.05) is 18.8 Å². The van der Waals surface area contributed by atoms with Gasteiger partial charge in [-0.05, 0) is 24.5 Å². The van der Waals surface area contributed by atoms with E-state index >= 15 is 0 Å². The van der Waals surface area contributed by atoms with E-state index in [-0.39, 0.29) is 23.0 Å². The number of carbonyl (C=O) groups excluding carboxylic acids is 1. The number of anilines is 1. The Kier molecular flexibility index (Phi) is 5.48. The zero-order valence-electron chi connectivity index (χ0n) is 14.3. The quantitative estimate of drug-likeness (QED) is 0.810. The van der Waals surface area contributed by atoms with E-state index in [1.54, 1.807) is 24.3 Å². The number of amides is 1. The summed E-state index contributed by atoms with van der Waals surface area (Å²) in [5.41, 5.74) is 6.19. The zero-order chi connectivity index (χ0) is 18.6. The zero-order valence-corrected chi connectivity index (χ0v) is 15.1. The van der Waals surface area contributed by atoms with Crippen LogP contribution >= 0.6 is 0 Å². The van der Waals surface area contributed by atoms with Crippen LogP contribution in [0.15, 0.2) is 41.6 Å². The summed E-state index contributed by atoms with van der Waals surface area (Å²) >= 11 is 0. The number of nitrogens with two attached hydrogens (primary N) is 1. The Balaban J connectivity index is 1.79. The third kappa shape index (κ3) is 3.83. The van der Waals surface area contributed by atoms with Gasteiger partial charge in [-0.3, -0.25) is 4.79 Å². The van der Waals surface area contributed by atoms with Gasteiger partial charge in [0, 0.05) is 32.0 Å². The van der Waals surface area contributed by atoms with Gasteiger partial charge in [0.2, 0.25) is 10.0 Å². The first-order chi connectivity index (χ1) is 12.5. The largest absolute Gasteiger partial charge is 0.382 e. The molecule has 1 aliphatic rings. The molecule has 0 unspecified atom stereocenters. The molecule has 0 saturated carbocycles. The molecule has 0 bridgehead atoms. The lowest BCUT2D eigenvalue weighted by Crippen LogP contribution is -2.36. The second-order valence-electron chi connectivity index (χ2n) is 6.05. The van der Waals surface area contributed by atoms with Gasteiger partial charge >= 0.3 is 0 Å². The summed E-state index contributed by atoms with van der Waals surface area (Å²) in [6, 6.07) is 6.69. The van der Waals surface area contributed by atoms with Crippen LogP contribution in [-0.2, 0) is 16.6 Å². The third-order valence-corrected chi connectivity index (χ3v) is 6.29. The van der Waals surface area contributed by atoms with E-state index in [1.165, 1.54) is 16.7 Å². The van der Waals surface area contributed by atoms with E-state index in [4.69, 9.17) is 5.73 Å². The Morgan fingerprint density at radius 2 is 1.81 bits per heavy atom. The molecular formula is C17H21N5O3S. The first-order valence-electron chi connectivity index (χ1n) is 8.43. The van der Waals surface area contributed by atoms with Crippen LogP contribution in [0, 0.1) is 0 Å². The van der Waals surface area contributed by atoms with Crippen LogP contribution in [0.25, 0.3) is 0 Å². The minimum Gasteiger partial charge on any atom is -0.382 e. The van der Waals surface area contributed by atoms with Crippen molar-refractivity contribution >= 4 is 21.7 Å². The number of rotatable bonds is 5. The van der Waals surface area contributed by atoms with Gasteiger partial charge in [-0.1, -0.05) is 24.6 Å². The Morgan fingerprint density at radius 3 is 2.54 bits per heavy atom. The summed E-state index contributed by atoms with van der Waals surface area (Å²) in [5.74, 6) is -0.472. The summed E-state index contributed by atoms with van der Waals surface area (Å²) < 4.78 is 27.4. The van der Waals surface area contributed by atoms with Crippen LogP contribution in [0.1, 0.15) is 35.3 Å². The molecule has 0 spiro atoms. The molecule has 1 saturated heterocycles. The lowest BCUT2D eigenvalue weighted by atomic mass is 10.2. The number of nitrogens with zero attached hydrogens (tertiary/aromatic N) is 3. The molecule has 0 aliphatic carbocycles. The van der Waals surface area contributed by atoms with Crippen LogP contribution in [0.2, 0.25) is 0 Å². The maximum Gasteiger partial charge on any atom is 0.273 e. The number of hydrogen-bond donors (Lipinski definition) is 2. The number of nitrogens with one attached hydrogen (secondary N) is 1. The topological polar surface area (TPSA) is 118 Å². The smallest absolute Gasteiger partial charge is 0.273 e. The Hall–Kier alpha value is -2.52. The molecular weight excluding hydrogens is 354 g/mol. The highest BCUT2D eigenvalue weighted by molar-refractivity contribution is 7.89. The standard InChI is InChI=1S/C17H21N5O3S/c18-16-15(19-8-9-20-16)17(23)21-12-13-6-2-3-7-14(13)26(24,25)22-10-4-1-5-11-22/h2-3,6-9H,1,4-5,10-12H2,(H2,18,20)(H,21,23). The van der Waals surface area contributed by atoms with Crippen molar-refractivity contribution < 1.29 is 13.2 Å². The minimum absolute atomic E-state index is 0.0175. The number of piperidine rings is 1. The number of nitrogen functional groups attached to an aromatic ring is 1. The molecule has 1 fully saturated rings. The van der Waals surface area contributed by atoms with Crippen molar-refractivity contribution in [3.05, 3.63) is 47.9 Å². The fourth-order valence-corrected chi connectivity index (χ4v) is 4.67. The molecule has 1 aromatic carbocycles. The number of carbonyl (C=O) groups is 1. The maximum absolute atomic E-state index is 12.9. The molecule has 26 heavy (non-hydrogen) atoms. The van der Waals surface area contributed by atoms with Gasteiger partial charge < -0.3 is 11.1 Å². The molecule has 3 rings (SSSR count). The van der Waals surface area contributed by atoms with Gasteiger partial charge in [0.05, 0.1) is 4.90 Å². The number of sulfonamides is 1. The van der Waals surface area contributed by atoms with Crippen molar-refractivity contribution in [1.82, 2.24) is 19.6 Å². The van der Waals surface area contributed by atoms with E-state index < -0.39 is 15.9 Å². The molecule has 3 N–H and O–H groups in total. The second-order valence-corrected chi connectivity index (χ2v) is 7.95. The molecule has 138 valence electrons. The fraction of sp³-hybridized carbons (Fsp3) is 0.353. The molecule has 8 nitrogen and oxygen atoms in total.